The van der Waals surface area contributed by atoms with Gasteiger partial charge in [0.05, 0.1) is 0 Å². The van der Waals surface area contributed by atoms with E-state index < -0.39 is 0 Å². The average Bonchev–Trinajstić information content (AvgIpc) is 2.76. The van der Waals surface area contributed by atoms with Crippen molar-refractivity contribution in [3.63, 3.8) is 0 Å². The van der Waals surface area contributed by atoms with Crippen LogP contribution in [0.1, 0.15) is 22.3 Å². The van der Waals surface area contributed by atoms with Gasteiger partial charge in [-0.15, -0.1) is 0 Å². The zero-order valence-electron chi connectivity index (χ0n) is 12.3. The summed E-state index contributed by atoms with van der Waals surface area (Å²) >= 11 is 0. The van der Waals surface area contributed by atoms with E-state index in [2.05, 4.69) is 55.8 Å². The highest BCUT2D eigenvalue weighted by molar-refractivity contribution is 5.83. The van der Waals surface area contributed by atoms with Gasteiger partial charge in [-0.05, 0) is 61.7 Å². The molecule has 2 aromatic carbocycles. The Kier molecular flexibility index (Phi) is 3.01. The quantitative estimate of drug-likeness (QED) is 0.691. The van der Waals surface area contributed by atoms with Gasteiger partial charge >= 0.3 is 0 Å². The summed E-state index contributed by atoms with van der Waals surface area (Å²) in [5.74, 6) is 0. The van der Waals surface area contributed by atoms with Crippen LogP contribution in [0.3, 0.4) is 0 Å². The summed E-state index contributed by atoms with van der Waals surface area (Å²) in [6.07, 6.45) is 2.14. The Morgan fingerprint density at radius 3 is 2.35 bits per heavy atom. The van der Waals surface area contributed by atoms with Crippen molar-refractivity contribution in [1.29, 1.82) is 0 Å². The van der Waals surface area contributed by atoms with Gasteiger partial charge in [0, 0.05) is 29.3 Å². The van der Waals surface area contributed by atoms with E-state index in [1.54, 1.807) is 0 Å². The number of nitrogens with zero attached hydrogens (tertiary/aromatic N) is 1. The predicted octanol–water partition coefficient (Wildman–Crippen LogP) is 4.20. The van der Waals surface area contributed by atoms with Crippen LogP contribution in [-0.4, -0.2) is 4.57 Å². The molecule has 2 N–H and O–H groups in total. The van der Waals surface area contributed by atoms with Crippen LogP contribution >= 0.6 is 0 Å². The first-order valence-corrected chi connectivity index (χ1v) is 6.96. The van der Waals surface area contributed by atoms with Crippen molar-refractivity contribution >= 4 is 16.6 Å². The summed E-state index contributed by atoms with van der Waals surface area (Å²) in [6.45, 7) is 7.45. The molecule has 0 radical (unpaired) electrons. The molecule has 3 aromatic rings. The van der Waals surface area contributed by atoms with Crippen molar-refractivity contribution < 1.29 is 0 Å². The smallest absolute Gasteiger partial charge is 0.0484 e. The molecule has 3 rings (SSSR count). The maximum absolute atomic E-state index is 5.84. The standard InChI is InChI=1S/C18H20N2/c1-12-8-13(2)17(14(3)9-12)11-20-7-6-15-10-16(19)4-5-18(15)20/h4-10H,11,19H2,1-3H3. The van der Waals surface area contributed by atoms with E-state index in [0.717, 1.165) is 12.2 Å². The third-order valence-corrected chi connectivity index (χ3v) is 3.96. The van der Waals surface area contributed by atoms with Gasteiger partial charge in [-0.2, -0.15) is 0 Å². The second kappa shape index (κ2) is 4.71. The fraction of sp³-hybridized carbons (Fsp3) is 0.222. The zero-order valence-corrected chi connectivity index (χ0v) is 12.3. The van der Waals surface area contributed by atoms with Gasteiger partial charge in [0.25, 0.3) is 0 Å². The van der Waals surface area contributed by atoms with E-state index in [0.29, 0.717) is 0 Å². The number of nitrogen functional groups attached to an aromatic ring is 1. The number of benzene rings is 2. The van der Waals surface area contributed by atoms with Crippen LogP contribution < -0.4 is 5.73 Å². The van der Waals surface area contributed by atoms with Crippen molar-refractivity contribution in [3.05, 3.63) is 64.8 Å². The molecule has 0 aliphatic carbocycles. The monoisotopic (exact) mass is 264 g/mol. The van der Waals surface area contributed by atoms with Gasteiger partial charge in [-0.1, -0.05) is 17.7 Å². The molecule has 0 fully saturated rings. The first kappa shape index (κ1) is 12.8. The Bertz CT molecular complexity index is 758. The van der Waals surface area contributed by atoms with Gasteiger partial charge in [-0.3, -0.25) is 0 Å². The highest BCUT2D eigenvalue weighted by Crippen LogP contribution is 2.23. The number of rotatable bonds is 2. The zero-order chi connectivity index (χ0) is 14.3. The summed E-state index contributed by atoms with van der Waals surface area (Å²) in [5.41, 5.74) is 13.4. The minimum atomic E-state index is 0.818. The minimum Gasteiger partial charge on any atom is -0.399 e. The van der Waals surface area contributed by atoms with Crippen LogP contribution in [-0.2, 0) is 6.54 Å². The highest BCUT2D eigenvalue weighted by Gasteiger charge is 2.07. The van der Waals surface area contributed by atoms with Gasteiger partial charge in [0.15, 0.2) is 0 Å². The van der Waals surface area contributed by atoms with Gasteiger partial charge in [0.2, 0.25) is 0 Å². The first-order valence-electron chi connectivity index (χ1n) is 6.96. The lowest BCUT2D eigenvalue weighted by Crippen LogP contribution is -2.03. The first-order chi connectivity index (χ1) is 9.54. The van der Waals surface area contributed by atoms with Crippen LogP contribution in [0.15, 0.2) is 42.6 Å². The molecule has 0 bridgehead atoms. The fourth-order valence-corrected chi connectivity index (χ4v) is 2.99. The Hall–Kier alpha value is -2.22. The van der Waals surface area contributed by atoms with Crippen LogP contribution in [0.2, 0.25) is 0 Å². The van der Waals surface area contributed by atoms with E-state index in [1.165, 1.54) is 33.2 Å². The predicted molar refractivity (Wildman–Crippen MR) is 86.1 cm³/mol. The molecule has 0 saturated carbocycles. The molecular weight excluding hydrogens is 244 g/mol. The lowest BCUT2D eigenvalue weighted by molar-refractivity contribution is 0.823. The largest absolute Gasteiger partial charge is 0.399 e. The molecule has 1 aromatic heterocycles. The molecule has 0 atom stereocenters. The maximum Gasteiger partial charge on any atom is 0.0484 e. The molecule has 20 heavy (non-hydrogen) atoms. The summed E-state index contributed by atoms with van der Waals surface area (Å²) in [4.78, 5) is 0. The SMILES string of the molecule is Cc1cc(C)c(Cn2ccc3cc(N)ccc32)c(C)c1. The fourth-order valence-electron chi connectivity index (χ4n) is 2.99. The second-order valence-corrected chi connectivity index (χ2v) is 5.64. The van der Waals surface area contributed by atoms with E-state index in [9.17, 15) is 0 Å². The molecule has 0 saturated heterocycles. The molecule has 1 heterocycles. The van der Waals surface area contributed by atoms with Crippen LogP contribution in [0.25, 0.3) is 10.9 Å². The summed E-state index contributed by atoms with van der Waals surface area (Å²) in [6, 6.07) is 12.7. The van der Waals surface area contributed by atoms with Crippen molar-refractivity contribution in [2.45, 2.75) is 27.3 Å². The van der Waals surface area contributed by atoms with E-state index in [4.69, 9.17) is 5.73 Å². The third kappa shape index (κ3) is 2.18. The third-order valence-electron chi connectivity index (χ3n) is 3.96. The van der Waals surface area contributed by atoms with Crippen molar-refractivity contribution in [3.8, 4) is 0 Å². The number of nitrogens with two attached hydrogens (primary N) is 1. The molecule has 2 heteroatoms. The Morgan fingerprint density at radius 1 is 0.950 bits per heavy atom. The lowest BCUT2D eigenvalue weighted by Gasteiger charge is -2.13. The number of aryl methyl sites for hydroxylation is 3. The second-order valence-electron chi connectivity index (χ2n) is 5.64. The number of anilines is 1. The highest BCUT2D eigenvalue weighted by atomic mass is 15.0. The van der Waals surface area contributed by atoms with E-state index in [1.807, 2.05) is 12.1 Å². The Labute approximate surface area is 119 Å². The van der Waals surface area contributed by atoms with Crippen molar-refractivity contribution in [1.82, 2.24) is 4.57 Å². The molecular formula is C18H20N2. The summed E-state index contributed by atoms with van der Waals surface area (Å²) < 4.78 is 2.29. The molecule has 0 spiro atoms. The molecule has 2 nitrogen and oxygen atoms in total. The van der Waals surface area contributed by atoms with Crippen LogP contribution in [0, 0.1) is 20.8 Å². The summed E-state index contributed by atoms with van der Waals surface area (Å²) in [7, 11) is 0. The summed E-state index contributed by atoms with van der Waals surface area (Å²) in [5, 5.41) is 1.20. The number of fused-ring (bicyclic) bond motifs is 1. The molecule has 102 valence electrons. The van der Waals surface area contributed by atoms with Gasteiger partial charge in [0.1, 0.15) is 0 Å². The molecule has 0 amide bonds. The van der Waals surface area contributed by atoms with Crippen molar-refractivity contribution in [2.75, 3.05) is 5.73 Å². The topological polar surface area (TPSA) is 30.9 Å². The molecule has 0 aliphatic rings. The Balaban J connectivity index is 2.06. The van der Waals surface area contributed by atoms with E-state index >= 15 is 0 Å². The maximum atomic E-state index is 5.84. The average molecular weight is 264 g/mol. The minimum absolute atomic E-state index is 0.818. The number of hydrogen-bond acceptors (Lipinski definition) is 1. The normalized spacial score (nSPS) is 11.2. The number of aromatic nitrogens is 1. The van der Waals surface area contributed by atoms with E-state index in [-0.39, 0.29) is 0 Å². The molecule has 0 aliphatic heterocycles. The van der Waals surface area contributed by atoms with Gasteiger partial charge < -0.3 is 10.3 Å². The van der Waals surface area contributed by atoms with Gasteiger partial charge in [-0.25, -0.2) is 0 Å². The molecule has 0 unspecified atom stereocenters. The lowest BCUT2D eigenvalue weighted by atomic mass is 10.00. The van der Waals surface area contributed by atoms with Crippen molar-refractivity contribution in [2.24, 2.45) is 0 Å². The van der Waals surface area contributed by atoms with Crippen LogP contribution in [0.4, 0.5) is 5.69 Å². The van der Waals surface area contributed by atoms with Crippen LogP contribution in [0.5, 0.6) is 0 Å². The Morgan fingerprint density at radius 2 is 1.65 bits per heavy atom. The number of hydrogen-bond donors (Lipinski definition) is 1.